The summed E-state index contributed by atoms with van der Waals surface area (Å²) in [5, 5.41) is 0. The number of benzene rings is 1. The fourth-order valence-electron chi connectivity index (χ4n) is 2.66. The normalized spacial score (nSPS) is 23.2. The summed E-state index contributed by atoms with van der Waals surface area (Å²) in [6.07, 6.45) is 3.97. The molecular weight excluding hydrogens is 243 g/mol. The average Bonchev–Trinajstić information content (AvgIpc) is 2.36. The smallest absolute Gasteiger partial charge is 0.314 e. The van der Waals surface area contributed by atoms with Gasteiger partial charge in [-0.25, -0.2) is 4.39 Å². The molecule has 19 heavy (non-hydrogen) atoms. The molecule has 0 atom stereocenters. The van der Waals surface area contributed by atoms with Gasteiger partial charge in [-0.15, -0.1) is 0 Å². The minimum atomic E-state index is -0.230. The maximum Gasteiger partial charge on any atom is 0.314 e. The predicted octanol–water partition coefficient (Wildman–Crippen LogP) is 4.17. The Morgan fingerprint density at radius 1 is 1.16 bits per heavy atom. The van der Waals surface area contributed by atoms with Gasteiger partial charge in [0.1, 0.15) is 11.6 Å². The van der Waals surface area contributed by atoms with Gasteiger partial charge >= 0.3 is 5.97 Å². The first-order valence-electron chi connectivity index (χ1n) is 6.96. The van der Waals surface area contributed by atoms with E-state index in [4.69, 9.17) is 4.74 Å². The molecule has 1 aliphatic carbocycles. The zero-order chi connectivity index (χ0) is 14.0. The first-order chi connectivity index (χ1) is 8.97. The third-order valence-corrected chi connectivity index (χ3v) is 3.98. The zero-order valence-electron chi connectivity index (χ0n) is 11.8. The minimum Gasteiger partial charge on any atom is -0.426 e. The van der Waals surface area contributed by atoms with Gasteiger partial charge in [0.2, 0.25) is 0 Å². The summed E-state index contributed by atoms with van der Waals surface area (Å²) < 4.78 is 18.9. The number of carbonyl (C=O) groups is 1. The largest absolute Gasteiger partial charge is 0.426 e. The Hall–Kier alpha value is -1.38. The van der Waals surface area contributed by atoms with Gasteiger partial charge < -0.3 is 4.74 Å². The highest BCUT2D eigenvalue weighted by molar-refractivity contribution is 5.75. The number of carbonyl (C=O) groups excluding carboxylic acids is 1. The molecule has 104 valence electrons. The molecule has 3 heteroatoms. The van der Waals surface area contributed by atoms with Crippen LogP contribution in [0.1, 0.15) is 43.7 Å². The maximum atomic E-state index is 13.5. The Kier molecular flexibility index (Phi) is 4.23. The number of hydrogen-bond donors (Lipinski definition) is 0. The van der Waals surface area contributed by atoms with E-state index in [1.54, 1.807) is 26.0 Å². The first-order valence-corrected chi connectivity index (χ1v) is 6.96. The SMILES string of the molecule is Cc1cc(OC(=O)C2CCC(C)CC2)cc(C)c1F. The standard InChI is InChI=1S/C16H21FO2/c1-10-4-6-13(7-5-10)16(18)19-14-8-11(2)15(17)12(3)9-14/h8-10,13H,4-7H2,1-3H3. The Morgan fingerprint density at radius 3 is 2.21 bits per heavy atom. The summed E-state index contributed by atoms with van der Waals surface area (Å²) in [4.78, 5) is 12.1. The van der Waals surface area contributed by atoms with Crippen molar-refractivity contribution in [3.63, 3.8) is 0 Å². The molecule has 0 bridgehead atoms. The van der Waals surface area contributed by atoms with Crippen molar-refractivity contribution in [2.24, 2.45) is 11.8 Å². The van der Waals surface area contributed by atoms with Crippen molar-refractivity contribution in [2.75, 3.05) is 0 Å². The second kappa shape index (κ2) is 5.72. The van der Waals surface area contributed by atoms with E-state index >= 15 is 0 Å². The van der Waals surface area contributed by atoms with E-state index in [-0.39, 0.29) is 17.7 Å². The number of ether oxygens (including phenoxy) is 1. The highest BCUT2D eigenvalue weighted by atomic mass is 19.1. The van der Waals surface area contributed by atoms with Crippen LogP contribution in [-0.4, -0.2) is 5.97 Å². The quantitative estimate of drug-likeness (QED) is 0.592. The fourth-order valence-corrected chi connectivity index (χ4v) is 2.66. The maximum absolute atomic E-state index is 13.5. The van der Waals surface area contributed by atoms with Crippen LogP contribution in [0, 0.1) is 31.5 Å². The third kappa shape index (κ3) is 3.34. The second-order valence-electron chi connectivity index (χ2n) is 5.75. The fraction of sp³-hybridized carbons (Fsp3) is 0.562. The molecule has 1 fully saturated rings. The van der Waals surface area contributed by atoms with E-state index < -0.39 is 0 Å². The van der Waals surface area contributed by atoms with Gasteiger partial charge in [0, 0.05) is 0 Å². The number of rotatable bonds is 2. The van der Waals surface area contributed by atoms with Gasteiger partial charge in [-0.2, -0.15) is 0 Å². The molecule has 0 spiro atoms. The van der Waals surface area contributed by atoms with Crippen LogP contribution in [0.3, 0.4) is 0 Å². The van der Waals surface area contributed by atoms with Crippen LogP contribution in [0.25, 0.3) is 0 Å². The topological polar surface area (TPSA) is 26.3 Å². The molecule has 2 nitrogen and oxygen atoms in total. The van der Waals surface area contributed by atoms with Crippen LogP contribution in [0.4, 0.5) is 4.39 Å². The molecule has 0 heterocycles. The molecule has 0 radical (unpaired) electrons. The van der Waals surface area contributed by atoms with Crippen LogP contribution < -0.4 is 4.74 Å². The number of aryl methyl sites for hydroxylation is 2. The Morgan fingerprint density at radius 2 is 1.68 bits per heavy atom. The average molecular weight is 264 g/mol. The summed E-state index contributed by atoms with van der Waals surface area (Å²) >= 11 is 0. The van der Waals surface area contributed by atoms with Crippen molar-refractivity contribution in [3.05, 3.63) is 29.1 Å². The molecule has 0 unspecified atom stereocenters. The van der Waals surface area contributed by atoms with Crippen molar-refractivity contribution >= 4 is 5.97 Å². The zero-order valence-corrected chi connectivity index (χ0v) is 11.8. The Labute approximate surface area is 114 Å². The van der Waals surface area contributed by atoms with Gasteiger partial charge in [0.05, 0.1) is 5.92 Å². The molecule has 0 N–H and O–H groups in total. The van der Waals surface area contributed by atoms with Crippen LogP contribution >= 0.6 is 0 Å². The van der Waals surface area contributed by atoms with Crippen LogP contribution in [0.2, 0.25) is 0 Å². The lowest BCUT2D eigenvalue weighted by Crippen LogP contribution is -2.25. The molecule has 0 saturated heterocycles. The number of hydrogen-bond acceptors (Lipinski definition) is 2. The summed E-state index contributed by atoms with van der Waals surface area (Å²) in [6.45, 7) is 5.58. The lowest BCUT2D eigenvalue weighted by Gasteiger charge is -2.24. The van der Waals surface area contributed by atoms with Gasteiger partial charge in [-0.1, -0.05) is 6.92 Å². The lowest BCUT2D eigenvalue weighted by molar-refractivity contribution is -0.140. The van der Waals surface area contributed by atoms with E-state index in [0.29, 0.717) is 22.8 Å². The molecule has 1 saturated carbocycles. The van der Waals surface area contributed by atoms with E-state index in [9.17, 15) is 9.18 Å². The van der Waals surface area contributed by atoms with Gasteiger partial charge in [-0.3, -0.25) is 4.79 Å². The molecule has 1 aliphatic rings. The van der Waals surface area contributed by atoms with E-state index in [1.807, 2.05) is 0 Å². The lowest BCUT2D eigenvalue weighted by atomic mass is 9.83. The van der Waals surface area contributed by atoms with Crippen molar-refractivity contribution in [1.82, 2.24) is 0 Å². The Bertz CT molecular complexity index is 451. The van der Waals surface area contributed by atoms with Crippen LogP contribution in [0.5, 0.6) is 5.75 Å². The number of esters is 1. The molecule has 0 aliphatic heterocycles. The molecule has 1 aromatic rings. The van der Waals surface area contributed by atoms with Crippen molar-refractivity contribution in [2.45, 2.75) is 46.5 Å². The highest BCUT2D eigenvalue weighted by Crippen LogP contribution is 2.30. The first kappa shape index (κ1) is 14.0. The highest BCUT2D eigenvalue weighted by Gasteiger charge is 2.26. The summed E-state index contributed by atoms with van der Waals surface area (Å²) in [5.41, 5.74) is 1.03. The minimum absolute atomic E-state index is 0.00173. The van der Waals surface area contributed by atoms with Gasteiger partial charge in [0.15, 0.2) is 0 Å². The van der Waals surface area contributed by atoms with Crippen LogP contribution in [0.15, 0.2) is 12.1 Å². The molecule has 2 rings (SSSR count). The molecular formula is C16H21FO2. The monoisotopic (exact) mass is 264 g/mol. The van der Waals surface area contributed by atoms with E-state index in [1.165, 1.54) is 0 Å². The summed E-state index contributed by atoms with van der Waals surface area (Å²) in [6, 6.07) is 3.18. The van der Waals surface area contributed by atoms with Crippen molar-refractivity contribution < 1.29 is 13.9 Å². The van der Waals surface area contributed by atoms with Gasteiger partial charge in [-0.05, 0) is 68.7 Å². The summed E-state index contributed by atoms with van der Waals surface area (Å²) in [5.74, 6) is 0.768. The van der Waals surface area contributed by atoms with Gasteiger partial charge in [0.25, 0.3) is 0 Å². The Balaban J connectivity index is 2.03. The molecule has 1 aromatic carbocycles. The summed E-state index contributed by atoms with van der Waals surface area (Å²) in [7, 11) is 0. The number of halogens is 1. The third-order valence-electron chi connectivity index (χ3n) is 3.98. The van der Waals surface area contributed by atoms with E-state index in [0.717, 1.165) is 25.7 Å². The van der Waals surface area contributed by atoms with Crippen molar-refractivity contribution in [1.29, 1.82) is 0 Å². The molecule has 0 aromatic heterocycles. The molecule has 0 amide bonds. The second-order valence-corrected chi connectivity index (χ2v) is 5.75. The predicted molar refractivity (Wildman–Crippen MR) is 72.6 cm³/mol. The van der Waals surface area contributed by atoms with Crippen molar-refractivity contribution in [3.8, 4) is 5.75 Å². The van der Waals surface area contributed by atoms with E-state index in [2.05, 4.69) is 6.92 Å². The van der Waals surface area contributed by atoms with Crippen LogP contribution in [-0.2, 0) is 4.79 Å².